The zero-order valence-corrected chi connectivity index (χ0v) is 18.3. The van der Waals surface area contributed by atoms with Crippen molar-refractivity contribution in [1.29, 1.82) is 0 Å². The van der Waals surface area contributed by atoms with Gasteiger partial charge in [0.25, 0.3) is 0 Å². The second-order valence-corrected chi connectivity index (χ2v) is 6.43. The fourth-order valence-electron chi connectivity index (χ4n) is 3.02. The van der Waals surface area contributed by atoms with E-state index in [0.717, 1.165) is 24.1 Å². The molecule has 3 N–H and O–H groups in total. The molecule has 0 radical (unpaired) electrons. The molecule has 1 fully saturated rings. The Morgan fingerprint density at radius 3 is 2.71 bits per heavy atom. The molecule has 1 aromatic carbocycles. The highest BCUT2D eigenvalue weighted by Crippen LogP contribution is 2.12. The van der Waals surface area contributed by atoms with Crippen LogP contribution in [0, 0.1) is 0 Å². The minimum absolute atomic E-state index is 0. The number of amides is 1. The van der Waals surface area contributed by atoms with Gasteiger partial charge in [-0.2, -0.15) is 5.10 Å². The number of nitrogens with two attached hydrogens (primary N) is 1. The number of carbonyl (C=O) groups excluding carboxylic acids is 1. The summed E-state index contributed by atoms with van der Waals surface area (Å²) in [4.78, 5) is 17.9. The first kappa shape index (κ1) is 22.0. The van der Waals surface area contributed by atoms with Crippen molar-refractivity contribution in [2.45, 2.75) is 32.4 Å². The molecule has 2 aromatic rings. The third-order valence-electron chi connectivity index (χ3n) is 4.46. The fraction of sp³-hybridized carbons (Fsp3) is 0.421. The van der Waals surface area contributed by atoms with Gasteiger partial charge < -0.3 is 20.7 Å². The Bertz CT molecular complexity index is 772. The first-order chi connectivity index (χ1) is 13.2. The summed E-state index contributed by atoms with van der Waals surface area (Å²) in [5.41, 5.74) is 8.01. The molecule has 1 aromatic heterocycles. The molecule has 8 nitrogen and oxygen atoms in total. The summed E-state index contributed by atoms with van der Waals surface area (Å²) in [6.07, 6.45) is 5.14. The molecule has 9 heteroatoms. The Morgan fingerprint density at radius 1 is 1.32 bits per heavy atom. The number of carbonyl (C=O) groups is 1. The van der Waals surface area contributed by atoms with Crippen LogP contribution in [-0.2, 0) is 11.3 Å². The summed E-state index contributed by atoms with van der Waals surface area (Å²) >= 11 is 0. The number of hydrogen-bond donors (Lipinski definition) is 2. The van der Waals surface area contributed by atoms with E-state index in [4.69, 9.17) is 10.5 Å². The molecule has 1 amide bonds. The van der Waals surface area contributed by atoms with Crippen LogP contribution in [0.5, 0.6) is 0 Å². The SMILES string of the molecule is CCOC(=O)N1CCC(NC(N)=NCc2cnn(-c3ccccc3)c2)CC1.I. The molecule has 1 aliphatic rings. The predicted octanol–water partition coefficient (Wildman–Crippen LogP) is 2.52. The first-order valence-electron chi connectivity index (χ1n) is 9.23. The average Bonchev–Trinajstić information content (AvgIpc) is 3.17. The molecule has 0 unspecified atom stereocenters. The van der Waals surface area contributed by atoms with Crippen molar-refractivity contribution in [3.63, 3.8) is 0 Å². The highest BCUT2D eigenvalue weighted by atomic mass is 127. The zero-order chi connectivity index (χ0) is 19.1. The number of halogens is 1. The van der Waals surface area contributed by atoms with Crippen molar-refractivity contribution in [2.75, 3.05) is 19.7 Å². The molecule has 28 heavy (non-hydrogen) atoms. The van der Waals surface area contributed by atoms with Gasteiger partial charge in [0.1, 0.15) is 0 Å². The van der Waals surface area contributed by atoms with Gasteiger partial charge >= 0.3 is 6.09 Å². The van der Waals surface area contributed by atoms with Gasteiger partial charge in [0.05, 0.1) is 25.0 Å². The van der Waals surface area contributed by atoms with Crippen LogP contribution in [0.1, 0.15) is 25.3 Å². The molecule has 3 rings (SSSR count). The van der Waals surface area contributed by atoms with Crippen LogP contribution in [0.4, 0.5) is 4.79 Å². The van der Waals surface area contributed by atoms with Crippen molar-refractivity contribution in [2.24, 2.45) is 10.7 Å². The van der Waals surface area contributed by atoms with E-state index in [1.54, 1.807) is 11.1 Å². The number of likely N-dealkylation sites (tertiary alicyclic amines) is 1. The standard InChI is InChI=1S/C19H26N6O2.HI/c1-2-27-19(26)24-10-8-16(9-11-24)23-18(20)21-12-15-13-22-25(14-15)17-6-4-3-5-7-17;/h3-7,13-14,16H,2,8-12H2,1H3,(H3,20,21,23);1H. The summed E-state index contributed by atoms with van der Waals surface area (Å²) < 4.78 is 6.85. The largest absolute Gasteiger partial charge is 0.450 e. The van der Waals surface area contributed by atoms with Gasteiger partial charge in [-0.05, 0) is 31.9 Å². The maximum atomic E-state index is 11.7. The van der Waals surface area contributed by atoms with E-state index in [1.807, 2.05) is 48.1 Å². The van der Waals surface area contributed by atoms with Gasteiger partial charge in [-0.25, -0.2) is 14.5 Å². The summed E-state index contributed by atoms with van der Waals surface area (Å²) in [5.74, 6) is 0.414. The van der Waals surface area contributed by atoms with Gasteiger partial charge in [-0.3, -0.25) is 0 Å². The minimum atomic E-state index is -0.243. The van der Waals surface area contributed by atoms with Crippen LogP contribution in [0.2, 0.25) is 0 Å². The molecule has 0 bridgehead atoms. The van der Waals surface area contributed by atoms with Gasteiger partial charge in [0.2, 0.25) is 0 Å². The highest BCUT2D eigenvalue weighted by Gasteiger charge is 2.23. The van der Waals surface area contributed by atoms with E-state index in [0.29, 0.717) is 32.2 Å². The third-order valence-corrected chi connectivity index (χ3v) is 4.46. The Balaban J connectivity index is 0.00000280. The lowest BCUT2D eigenvalue weighted by Gasteiger charge is -2.31. The van der Waals surface area contributed by atoms with Gasteiger partial charge in [0, 0.05) is 30.9 Å². The molecular formula is C19H27IN6O2. The second kappa shape index (κ2) is 10.9. The Kier molecular flexibility index (Phi) is 8.55. The predicted molar refractivity (Wildman–Crippen MR) is 119 cm³/mol. The molecule has 0 saturated carbocycles. The van der Waals surface area contributed by atoms with Crippen molar-refractivity contribution in [1.82, 2.24) is 20.0 Å². The van der Waals surface area contributed by atoms with Gasteiger partial charge in [-0.1, -0.05) is 18.2 Å². The Labute approximate surface area is 182 Å². The number of aromatic nitrogens is 2. The quantitative estimate of drug-likeness (QED) is 0.375. The number of benzene rings is 1. The number of rotatable bonds is 5. The number of guanidine groups is 1. The van der Waals surface area contributed by atoms with Crippen molar-refractivity contribution in [3.8, 4) is 5.69 Å². The Hall–Kier alpha value is -2.30. The number of para-hydroxylation sites is 1. The van der Waals surface area contributed by atoms with Gasteiger partial charge in [0.15, 0.2) is 5.96 Å². The van der Waals surface area contributed by atoms with Crippen LogP contribution in [0.15, 0.2) is 47.7 Å². The smallest absolute Gasteiger partial charge is 0.409 e. The number of ether oxygens (including phenoxy) is 1. The molecule has 2 heterocycles. The van der Waals surface area contributed by atoms with E-state index >= 15 is 0 Å². The lowest BCUT2D eigenvalue weighted by atomic mass is 10.1. The summed E-state index contributed by atoms with van der Waals surface area (Å²) in [6, 6.07) is 10.1. The summed E-state index contributed by atoms with van der Waals surface area (Å²) in [7, 11) is 0. The zero-order valence-electron chi connectivity index (χ0n) is 16.0. The number of aliphatic imine (C=N–C) groups is 1. The molecule has 1 aliphatic heterocycles. The number of nitrogens with zero attached hydrogens (tertiary/aromatic N) is 4. The molecule has 152 valence electrons. The van der Waals surface area contributed by atoms with Crippen LogP contribution in [0.25, 0.3) is 5.69 Å². The van der Waals surface area contributed by atoms with Crippen LogP contribution in [-0.4, -0.2) is 52.5 Å². The molecule has 0 spiro atoms. The summed E-state index contributed by atoms with van der Waals surface area (Å²) in [6.45, 7) is 4.00. The van der Waals surface area contributed by atoms with Crippen LogP contribution < -0.4 is 11.1 Å². The monoisotopic (exact) mass is 498 g/mol. The summed E-state index contributed by atoms with van der Waals surface area (Å²) in [5, 5.41) is 7.60. The molecule has 0 atom stereocenters. The van der Waals surface area contributed by atoms with E-state index < -0.39 is 0 Å². The van der Waals surface area contributed by atoms with E-state index in [2.05, 4.69) is 15.4 Å². The lowest BCUT2D eigenvalue weighted by Crippen LogP contribution is -2.48. The minimum Gasteiger partial charge on any atom is -0.450 e. The lowest BCUT2D eigenvalue weighted by molar-refractivity contribution is 0.0963. The van der Waals surface area contributed by atoms with E-state index in [9.17, 15) is 4.79 Å². The van der Waals surface area contributed by atoms with Crippen molar-refractivity contribution < 1.29 is 9.53 Å². The first-order valence-corrected chi connectivity index (χ1v) is 9.23. The van der Waals surface area contributed by atoms with Crippen molar-refractivity contribution in [3.05, 3.63) is 48.3 Å². The number of piperidine rings is 1. The van der Waals surface area contributed by atoms with E-state index in [1.165, 1.54) is 0 Å². The maximum Gasteiger partial charge on any atom is 0.409 e. The van der Waals surface area contributed by atoms with Gasteiger partial charge in [-0.15, -0.1) is 24.0 Å². The van der Waals surface area contributed by atoms with Crippen molar-refractivity contribution >= 4 is 36.0 Å². The third kappa shape index (κ3) is 6.11. The highest BCUT2D eigenvalue weighted by molar-refractivity contribution is 14.0. The second-order valence-electron chi connectivity index (χ2n) is 6.43. The van der Waals surface area contributed by atoms with E-state index in [-0.39, 0.29) is 36.1 Å². The fourth-order valence-corrected chi connectivity index (χ4v) is 3.02. The normalized spacial score (nSPS) is 15.0. The van der Waals surface area contributed by atoms with Crippen LogP contribution in [0.3, 0.4) is 0 Å². The molecular weight excluding hydrogens is 471 g/mol. The Morgan fingerprint density at radius 2 is 2.04 bits per heavy atom. The molecule has 0 aliphatic carbocycles. The maximum absolute atomic E-state index is 11.7. The average molecular weight is 498 g/mol. The topological polar surface area (TPSA) is 97.8 Å². The van der Waals surface area contributed by atoms with Crippen LogP contribution >= 0.6 is 24.0 Å². The molecule has 1 saturated heterocycles. The number of hydrogen-bond acceptors (Lipinski definition) is 4. The number of nitrogens with one attached hydrogen (secondary N) is 1.